The van der Waals surface area contributed by atoms with Gasteiger partial charge in [0.05, 0.1) is 15.5 Å². The molecule has 180 valence electrons. The highest BCUT2D eigenvalue weighted by molar-refractivity contribution is 9.10. The topological polar surface area (TPSA) is 66.7 Å². The first-order chi connectivity index (χ1) is 16.8. The normalized spacial score (nSPS) is 14.4. The van der Waals surface area contributed by atoms with Gasteiger partial charge in [0.2, 0.25) is 26.6 Å². The SMILES string of the molecule is O=S(=O)(c1ccc(Br)cc1)c1nc(-c2ccccc2Cl)oc1N1CCN(c2cccc(Cl)c2)CC1. The molecular weight excluding hydrogens is 573 g/mol. The average molecular weight is 593 g/mol. The maximum atomic E-state index is 13.6. The maximum absolute atomic E-state index is 13.6. The second-order valence-corrected chi connectivity index (χ2v) is 11.6. The highest BCUT2D eigenvalue weighted by atomic mass is 79.9. The van der Waals surface area contributed by atoms with E-state index in [1.165, 1.54) is 0 Å². The van der Waals surface area contributed by atoms with Crippen LogP contribution in [-0.2, 0) is 9.84 Å². The van der Waals surface area contributed by atoms with Crippen LogP contribution in [0.3, 0.4) is 0 Å². The van der Waals surface area contributed by atoms with Gasteiger partial charge in [-0.1, -0.05) is 57.3 Å². The van der Waals surface area contributed by atoms with Gasteiger partial charge in [0.15, 0.2) is 0 Å². The lowest BCUT2D eigenvalue weighted by Gasteiger charge is -2.36. The summed E-state index contributed by atoms with van der Waals surface area (Å²) < 4.78 is 34.2. The Balaban J connectivity index is 1.52. The van der Waals surface area contributed by atoms with E-state index in [0.717, 1.165) is 10.2 Å². The predicted octanol–water partition coefficient (Wildman–Crippen LogP) is 6.57. The Morgan fingerprint density at radius 2 is 1.54 bits per heavy atom. The number of benzene rings is 3. The number of rotatable bonds is 5. The molecule has 1 fully saturated rings. The number of hydrogen-bond acceptors (Lipinski definition) is 6. The van der Waals surface area contributed by atoms with Crippen molar-refractivity contribution in [3.8, 4) is 11.5 Å². The van der Waals surface area contributed by atoms with Crippen LogP contribution in [0, 0.1) is 0 Å². The third-order valence-electron chi connectivity index (χ3n) is 5.80. The van der Waals surface area contributed by atoms with E-state index in [-0.39, 0.29) is 21.7 Å². The summed E-state index contributed by atoms with van der Waals surface area (Å²) in [5.74, 6) is 0.382. The maximum Gasteiger partial charge on any atom is 0.236 e. The van der Waals surface area contributed by atoms with Crippen LogP contribution in [-0.4, -0.2) is 39.6 Å². The number of halogens is 3. The Bertz CT molecular complexity index is 1470. The lowest BCUT2D eigenvalue weighted by molar-refractivity contribution is 0.525. The van der Waals surface area contributed by atoms with Crippen molar-refractivity contribution in [2.24, 2.45) is 0 Å². The smallest absolute Gasteiger partial charge is 0.236 e. The second kappa shape index (κ2) is 9.85. The van der Waals surface area contributed by atoms with Crippen molar-refractivity contribution in [3.05, 3.63) is 87.3 Å². The van der Waals surface area contributed by atoms with E-state index in [1.54, 1.807) is 48.5 Å². The highest BCUT2D eigenvalue weighted by Gasteiger charge is 2.33. The van der Waals surface area contributed by atoms with E-state index in [1.807, 2.05) is 29.2 Å². The van der Waals surface area contributed by atoms with Crippen molar-refractivity contribution in [2.75, 3.05) is 36.0 Å². The minimum Gasteiger partial charge on any atom is -0.419 e. The Morgan fingerprint density at radius 1 is 0.857 bits per heavy atom. The van der Waals surface area contributed by atoms with Crippen LogP contribution < -0.4 is 9.80 Å². The zero-order valence-corrected chi connectivity index (χ0v) is 22.3. The van der Waals surface area contributed by atoms with Gasteiger partial charge in [0, 0.05) is 41.4 Å². The van der Waals surface area contributed by atoms with Gasteiger partial charge in [-0.2, -0.15) is 4.98 Å². The van der Waals surface area contributed by atoms with Gasteiger partial charge in [0.25, 0.3) is 0 Å². The minimum absolute atomic E-state index is 0.119. The van der Waals surface area contributed by atoms with E-state index >= 15 is 0 Å². The van der Waals surface area contributed by atoms with E-state index in [4.69, 9.17) is 27.6 Å². The van der Waals surface area contributed by atoms with Gasteiger partial charge in [-0.25, -0.2) is 8.42 Å². The van der Waals surface area contributed by atoms with Gasteiger partial charge in [-0.3, -0.25) is 0 Å². The number of oxazole rings is 1. The fourth-order valence-corrected chi connectivity index (χ4v) is 5.98. The molecule has 6 nitrogen and oxygen atoms in total. The summed E-state index contributed by atoms with van der Waals surface area (Å²) in [6, 6.07) is 21.2. The van der Waals surface area contributed by atoms with Crippen LogP contribution in [0.1, 0.15) is 0 Å². The average Bonchev–Trinajstić information content (AvgIpc) is 3.31. The highest BCUT2D eigenvalue weighted by Crippen LogP contribution is 2.37. The summed E-state index contributed by atoms with van der Waals surface area (Å²) in [7, 11) is -3.95. The summed E-state index contributed by atoms with van der Waals surface area (Å²) >= 11 is 15.9. The van der Waals surface area contributed by atoms with Gasteiger partial charge in [-0.05, 0) is 54.6 Å². The third kappa shape index (κ3) is 4.93. The molecule has 1 aromatic heterocycles. The Labute approximate surface area is 222 Å². The lowest BCUT2D eigenvalue weighted by atomic mass is 10.2. The molecular formula is C25H20BrCl2N3O3S. The molecule has 0 saturated carbocycles. The van der Waals surface area contributed by atoms with Crippen LogP contribution in [0.15, 0.2) is 91.6 Å². The van der Waals surface area contributed by atoms with Crippen molar-refractivity contribution in [1.82, 2.24) is 4.98 Å². The molecule has 2 heterocycles. The van der Waals surface area contributed by atoms with E-state index in [2.05, 4.69) is 25.8 Å². The van der Waals surface area contributed by atoms with Gasteiger partial charge < -0.3 is 14.2 Å². The number of piperazine rings is 1. The molecule has 1 aliphatic heterocycles. The third-order valence-corrected chi connectivity index (χ3v) is 8.56. The molecule has 3 aromatic carbocycles. The number of hydrogen-bond donors (Lipinski definition) is 0. The molecule has 0 radical (unpaired) electrons. The quantitative estimate of drug-likeness (QED) is 0.261. The van der Waals surface area contributed by atoms with E-state index < -0.39 is 9.84 Å². The Hall–Kier alpha value is -2.52. The van der Waals surface area contributed by atoms with Crippen molar-refractivity contribution in [2.45, 2.75) is 9.92 Å². The summed E-state index contributed by atoms with van der Waals surface area (Å²) in [4.78, 5) is 8.71. The number of anilines is 2. The van der Waals surface area contributed by atoms with Crippen molar-refractivity contribution in [3.63, 3.8) is 0 Å². The molecule has 0 atom stereocenters. The van der Waals surface area contributed by atoms with Crippen molar-refractivity contribution >= 4 is 60.5 Å². The Kier molecular flexibility index (Phi) is 6.81. The van der Waals surface area contributed by atoms with Crippen LogP contribution in [0.4, 0.5) is 11.6 Å². The summed E-state index contributed by atoms with van der Waals surface area (Å²) in [6.07, 6.45) is 0. The van der Waals surface area contributed by atoms with Crippen molar-refractivity contribution < 1.29 is 12.8 Å². The summed E-state index contributed by atoms with van der Waals surface area (Å²) in [6.45, 7) is 2.43. The molecule has 35 heavy (non-hydrogen) atoms. The number of sulfone groups is 1. The van der Waals surface area contributed by atoms with Crippen LogP contribution >= 0.6 is 39.1 Å². The monoisotopic (exact) mass is 591 g/mol. The minimum atomic E-state index is -3.95. The molecule has 0 unspecified atom stereocenters. The van der Waals surface area contributed by atoms with Crippen LogP contribution in [0.5, 0.6) is 0 Å². The largest absolute Gasteiger partial charge is 0.419 e. The molecule has 5 rings (SSSR count). The molecule has 0 aliphatic carbocycles. The molecule has 0 amide bonds. The first-order valence-electron chi connectivity index (χ1n) is 10.8. The van der Waals surface area contributed by atoms with Crippen molar-refractivity contribution in [1.29, 1.82) is 0 Å². The summed E-state index contributed by atoms with van der Waals surface area (Å²) in [5, 5.41) is 0.983. The molecule has 4 aromatic rings. The molecule has 0 spiro atoms. The van der Waals surface area contributed by atoms with Gasteiger partial charge in [-0.15, -0.1) is 0 Å². The Morgan fingerprint density at radius 3 is 2.23 bits per heavy atom. The molecule has 1 saturated heterocycles. The zero-order valence-electron chi connectivity index (χ0n) is 18.4. The molecule has 10 heteroatoms. The molecule has 1 aliphatic rings. The van der Waals surface area contributed by atoms with E-state index in [9.17, 15) is 8.42 Å². The standard InChI is InChI=1S/C25H20BrCl2N3O3S/c26-17-8-10-20(11-9-17)35(32,33)24-25(34-23(29-24)21-6-1-2-7-22(21)28)31-14-12-30(13-15-31)19-5-3-4-18(27)16-19/h1-11,16H,12-15H2. The zero-order chi connectivity index (χ0) is 24.6. The molecule has 0 N–H and O–H groups in total. The predicted molar refractivity (Wildman–Crippen MR) is 142 cm³/mol. The van der Waals surface area contributed by atoms with Crippen LogP contribution in [0.2, 0.25) is 10.0 Å². The fraction of sp³-hybridized carbons (Fsp3) is 0.160. The molecule has 0 bridgehead atoms. The first kappa shape index (κ1) is 24.2. The summed E-state index contributed by atoms with van der Waals surface area (Å²) in [5.41, 5.74) is 1.56. The first-order valence-corrected chi connectivity index (χ1v) is 13.9. The second-order valence-electron chi connectivity index (χ2n) is 8.02. The lowest BCUT2D eigenvalue weighted by Crippen LogP contribution is -2.46. The van der Waals surface area contributed by atoms with Gasteiger partial charge in [0.1, 0.15) is 0 Å². The van der Waals surface area contributed by atoms with Crippen LogP contribution in [0.25, 0.3) is 11.5 Å². The van der Waals surface area contributed by atoms with E-state index in [0.29, 0.717) is 41.8 Å². The number of aromatic nitrogens is 1. The van der Waals surface area contributed by atoms with Gasteiger partial charge >= 0.3 is 0 Å². The fourth-order valence-electron chi connectivity index (χ4n) is 3.99. The number of nitrogens with zero attached hydrogens (tertiary/aromatic N) is 3.